The Bertz CT molecular complexity index is 575. The van der Waals surface area contributed by atoms with Crippen LogP contribution in [-0.4, -0.2) is 39.8 Å². The maximum Gasteiger partial charge on any atom is 0.261 e. The third-order valence-corrected chi connectivity index (χ3v) is 2.48. The number of nitrogens with zero attached hydrogens (tertiary/aromatic N) is 4. The lowest BCUT2D eigenvalue weighted by Crippen LogP contribution is -2.12. The van der Waals surface area contributed by atoms with E-state index in [-0.39, 0.29) is 18.8 Å². The van der Waals surface area contributed by atoms with Gasteiger partial charge in [-0.1, -0.05) is 0 Å². The number of nitrogens with two attached hydrogens (primary N) is 1. The van der Waals surface area contributed by atoms with Crippen molar-refractivity contribution in [3.8, 4) is 11.4 Å². The van der Waals surface area contributed by atoms with Crippen LogP contribution in [-0.2, 0) is 11.3 Å². The van der Waals surface area contributed by atoms with Crippen LogP contribution in [0.3, 0.4) is 0 Å². The van der Waals surface area contributed by atoms with Gasteiger partial charge < -0.3 is 10.5 Å². The van der Waals surface area contributed by atoms with Crippen molar-refractivity contribution in [3.05, 3.63) is 24.0 Å². The smallest absolute Gasteiger partial charge is 0.261 e. The molecule has 0 amide bonds. The molecule has 0 saturated carbocycles. The van der Waals surface area contributed by atoms with E-state index in [0.29, 0.717) is 11.4 Å². The summed E-state index contributed by atoms with van der Waals surface area (Å²) in [4.78, 5) is 0. The molecule has 0 spiro atoms. The average Bonchev–Trinajstić information content (AvgIpc) is 2.86. The van der Waals surface area contributed by atoms with Crippen molar-refractivity contribution in [1.29, 1.82) is 0 Å². The first-order valence-corrected chi connectivity index (χ1v) is 5.75. The van der Waals surface area contributed by atoms with Gasteiger partial charge >= 0.3 is 0 Å². The van der Waals surface area contributed by atoms with Crippen LogP contribution in [0.15, 0.2) is 18.2 Å². The second-order valence-electron chi connectivity index (χ2n) is 3.93. The normalized spacial score (nSPS) is 11.2. The highest BCUT2D eigenvalue weighted by Crippen LogP contribution is 2.20. The van der Waals surface area contributed by atoms with Crippen LogP contribution in [0.5, 0.6) is 0 Å². The van der Waals surface area contributed by atoms with Crippen LogP contribution in [0.2, 0.25) is 0 Å². The van der Waals surface area contributed by atoms with Crippen molar-refractivity contribution in [1.82, 2.24) is 20.2 Å². The zero-order chi connectivity index (χ0) is 14.5. The molecule has 1 aromatic heterocycles. The number of nitrogen functional groups attached to an aromatic ring is 1. The van der Waals surface area contributed by atoms with Gasteiger partial charge in [0.2, 0.25) is 0 Å². The molecule has 0 aliphatic carbocycles. The van der Waals surface area contributed by atoms with E-state index in [9.17, 15) is 13.2 Å². The van der Waals surface area contributed by atoms with E-state index in [1.54, 1.807) is 0 Å². The van der Waals surface area contributed by atoms with E-state index in [1.165, 1.54) is 22.9 Å². The molecule has 6 nitrogen and oxygen atoms in total. The van der Waals surface area contributed by atoms with Crippen molar-refractivity contribution < 1.29 is 17.9 Å². The molecule has 0 unspecified atom stereocenters. The van der Waals surface area contributed by atoms with Gasteiger partial charge in [0.05, 0.1) is 18.8 Å². The topological polar surface area (TPSA) is 78.9 Å². The molecular formula is C11H12F3N5O. The van der Waals surface area contributed by atoms with Crippen molar-refractivity contribution in [2.24, 2.45) is 0 Å². The first-order chi connectivity index (χ1) is 9.58. The number of tetrazole rings is 1. The zero-order valence-corrected chi connectivity index (χ0v) is 10.3. The summed E-state index contributed by atoms with van der Waals surface area (Å²) in [5.41, 5.74) is 5.98. The number of benzene rings is 1. The molecular weight excluding hydrogens is 275 g/mol. The second-order valence-corrected chi connectivity index (χ2v) is 3.93. The Hall–Kier alpha value is -2.16. The van der Waals surface area contributed by atoms with Crippen LogP contribution in [0.4, 0.5) is 18.9 Å². The quantitative estimate of drug-likeness (QED) is 0.640. The van der Waals surface area contributed by atoms with Gasteiger partial charge in [-0.15, -0.1) is 5.10 Å². The van der Waals surface area contributed by atoms with Crippen LogP contribution < -0.4 is 5.73 Å². The van der Waals surface area contributed by atoms with Gasteiger partial charge in [0.25, 0.3) is 6.43 Å². The van der Waals surface area contributed by atoms with Gasteiger partial charge in [-0.2, -0.15) is 0 Å². The minimum absolute atomic E-state index is 0.0222. The van der Waals surface area contributed by atoms with Crippen LogP contribution in [0.25, 0.3) is 11.4 Å². The predicted molar refractivity (Wildman–Crippen MR) is 64.4 cm³/mol. The zero-order valence-electron chi connectivity index (χ0n) is 10.3. The standard InChI is InChI=1S/C11H12F3N5O/c12-8-2-1-7(5-9(8)15)11-16-17-18-19(11)3-4-20-6-10(13)14/h1-2,5,10H,3-4,6,15H2. The van der Waals surface area contributed by atoms with E-state index in [4.69, 9.17) is 10.5 Å². The Morgan fingerprint density at radius 2 is 2.15 bits per heavy atom. The highest BCUT2D eigenvalue weighted by molar-refractivity contribution is 5.61. The molecule has 0 atom stereocenters. The lowest BCUT2D eigenvalue weighted by molar-refractivity contribution is 0.0140. The van der Waals surface area contributed by atoms with E-state index in [0.717, 1.165) is 0 Å². The first-order valence-electron chi connectivity index (χ1n) is 5.75. The lowest BCUT2D eigenvalue weighted by atomic mass is 10.2. The summed E-state index contributed by atoms with van der Waals surface area (Å²) in [6, 6.07) is 4.09. The fourth-order valence-electron chi connectivity index (χ4n) is 1.57. The molecule has 2 N–H and O–H groups in total. The van der Waals surface area contributed by atoms with Crippen molar-refractivity contribution in [2.75, 3.05) is 18.9 Å². The highest BCUT2D eigenvalue weighted by atomic mass is 19.3. The first kappa shape index (κ1) is 14.3. The van der Waals surface area contributed by atoms with Gasteiger partial charge in [0.15, 0.2) is 5.82 Å². The molecule has 20 heavy (non-hydrogen) atoms. The van der Waals surface area contributed by atoms with E-state index >= 15 is 0 Å². The molecule has 0 aliphatic heterocycles. The molecule has 0 saturated heterocycles. The molecule has 0 bridgehead atoms. The van der Waals surface area contributed by atoms with Gasteiger partial charge in [-0.25, -0.2) is 17.9 Å². The van der Waals surface area contributed by atoms with Crippen LogP contribution in [0, 0.1) is 5.82 Å². The lowest BCUT2D eigenvalue weighted by Gasteiger charge is -2.06. The van der Waals surface area contributed by atoms with Crippen molar-refractivity contribution in [3.63, 3.8) is 0 Å². The van der Waals surface area contributed by atoms with Crippen LogP contribution >= 0.6 is 0 Å². The Labute approximate surface area is 112 Å². The highest BCUT2D eigenvalue weighted by Gasteiger charge is 2.11. The summed E-state index contributed by atoms with van der Waals surface area (Å²) in [5, 5.41) is 11.0. The number of rotatable bonds is 6. The molecule has 1 aromatic carbocycles. The molecule has 2 rings (SSSR count). The fourth-order valence-corrected chi connectivity index (χ4v) is 1.57. The maximum absolute atomic E-state index is 13.1. The average molecular weight is 287 g/mol. The molecule has 0 fully saturated rings. The fraction of sp³-hybridized carbons (Fsp3) is 0.364. The van der Waals surface area contributed by atoms with E-state index in [2.05, 4.69) is 15.5 Å². The number of hydrogen-bond donors (Lipinski definition) is 1. The summed E-state index contributed by atoms with van der Waals surface area (Å²) < 4.78 is 43.0. The number of ether oxygens (including phenoxy) is 1. The number of alkyl halides is 2. The summed E-state index contributed by atoms with van der Waals surface area (Å²) in [5.74, 6) is -0.176. The van der Waals surface area contributed by atoms with Crippen LogP contribution in [0.1, 0.15) is 0 Å². The Kier molecular flexibility index (Phi) is 4.51. The Morgan fingerprint density at radius 1 is 1.35 bits per heavy atom. The molecule has 2 aromatic rings. The summed E-state index contributed by atoms with van der Waals surface area (Å²) in [6.07, 6.45) is -2.51. The van der Waals surface area contributed by atoms with Gasteiger partial charge in [-0.05, 0) is 28.6 Å². The monoisotopic (exact) mass is 287 g/mol. The molecule has 0 radical (unpaired) electrons. The van der Waals surface area contributed by atoms with Gasteiger partial charge in [0.1, 0.15) is 12.4 Å². The number of halogens is 3. The summed E-state index contributed by atoms with van der Waals surface area (Å²) in [6.45, 7) is -0.396. The summed E-state index contributed by atoms with van der Waals surface area (Å²) in [7, 11) is 0. The van der Waals surface area contributed by atoms with E-state index in [1.807, 2.05) is 0 Å². The summed E-state index contributed by atoms with van der Waals surface area (Å²) >= 11 is 0. The van der Waals surface area contributed by atoms with E-state index < -0.39 is 18.8 Å². The maximum atomic E-state index is 13.1. The predicted octanol–water partition coefficient (Wildman–Crippen LogP) is 1.34. The van der Waals surface area contributed by atoms with Gasteiger partial charge in [-0.3, -0.25) is 0 Å². The molecule has 0 aliphatic rings. The van der Waals surface area contributed by atoms with Gasteiger partial charge in [0, 0.05) is 5.56 Å². The SMILES string of the molecule is Nc1cc(-c2nnnn2CCOCC(F)F)ccc1F. The van der Waals surface area contributed by atoms with Crippen molar-refractivity contribution >= 4 is 5.69 Å². The van der Waals surface area contributed by atoms with Crippen molar-refractivity contribution in [2.45, 2.75) is 13.0 Å². The Morgan fingerprint density at radius 3 is 2.85 bits per heavy atom. The molecule has 9 heteroatoms. The third-order valence-electron chi connectivity index (χ3n) is 2.48. The largest absolute Gasteiger partial charge is 0.396 e. The third kappa shape index (κ3) is 3.44. The molecule has 1 heterocycles. The minimum atomic E-state index is -2.51. The molecule has 108 valence electrons. The number of hydrogen-bond acceptors (Lipinski definition) is 5. The Balaban J connectivity index is 2.06. The second kappa shape index (κ2) is 6.33. The number of aromatic nitrogens is 4. The minimum Gasteiger partial charge on any atom is -0.396 e. The number of anilines is 1.